The summed E-state index contributed by atoms with van der Waals surface area (Å²) in [5, 5.41) is 2.31. The number of primary amides is 1. The topological polar surface area (TPSA) is 74.3 Å². The molecule has 0 radical (unpaired) electrons. The number of aromatic nitrogens is 1. The average molecular weight is 312 g/mol. The van der Waals surface area contributed by atoms with E-state index in [9.17, 15) is 9.59 Å². The molecule has 1 aromatic heterocycles. The van der Waals surface area contributed by atoms with Gasteiger partial charge in [-0.2, -0.15) is 0 Å². The van der Waals surface area contributed by atoms with Gasteiger partial charge >= 0.3 is 5.97 Å². The lowest BCUT2D eigenvalue weighted by Crippen LogP contribution is -2.18. The molecule has 1 amide bonds. The first-order chi connectivity index (χ1) is 11.0. The molecule has 0 bridgehead atoms. The number of carbonyl (C=O) groups is 2. The zero-order valence-corrected chi connectivity index (χ0v) is 13.3. The zero-order valence-electron chi connectivity index (χ0n) is 13.3. The lowest BCUT2D eigenvalue weighted by Gasteiger charge is -2.03. The van der Waals surface area contributed by atoms with Crippen molar-refractivity contribution in [1.29, 1.82) is 0 Å². The summed E-state index contributed by atoms with van der Waals surface area (Å²) < 4.78 is 6.37. The van der Waals surface area contributed by atoms with Crippen molar-refractivity contribution in [2.45, 2.75) is 20.4 Å². The minimum Gasteiger partial charge on any atom is -0.466 e. The molecule has 0 spiro atoms. The standard InChI is InChI=1S/C14H12N2O.C4H8O2/c15-14(17)9-16-12-7-3-1-5-10(12)11-6-2-4-8-13(11)16;1-3-6-4(2)5/h1-8H,9H2,(H2,15,17);3H2,1-2H3. The lowest BCUT2D eigenvalue weighted by molar-refractivity contribution is -0.140. The number of hydrogen-bond acceptors (Lipinski definition) is 3. The Labute approximate surface area is 134 Å². The minimum atomic E-state index is -0.323. The van der Waals surface area contributed by atoms with Crippen LogP contribution in [0.1, 0.15) is 13.8 Å². The molecule has 0 aliphatic carbocycles. The summed E-state index contributed by atoms with van der Waals surface area (Å²) in [6.07, 6.45) is 0. The molecular weight excluding hydrogens is 292 g/mol. The van der Waals surface area contributed by atoms with Crippen LogP contribution < -0.4 is 5.73 Å². The normalized spacial score (nSPS) is 10.2. The summed E-state index contributed by atoms with van der Waals surface area (Å²) in [5.74, 6) is -0.533. The third-order valence-corrected chi connectivity index (χ3v) is 3.34. The molecule has 120 valence electrons. The quantitative estimate of drug-likeness (QED) is 0.756. The van der Waals surface area contributed by atoms with Crippen molar-refractivity contribution in [1.82, 2.24) is 4.57 Å². The molecule has 0 saturated heterocycles. The van der Waals surface area contributed by atoms with E-state index in [1.807, 2.05) is 41.0 Å². The number of para-hydroxylation sites is 2. The van der Waals surface area contributed by atoms with E-state index in [-0.39, 0.29) is 18.4 Å². The van der Waals surface area contributed by atoms with Crippen LogP contribution in [0.3, 0.4) is 0 Å². The molecule has 0 aliphatic rings. The van der Waals surface area contributed by atoms with Gasteiger partial charge in [-0.3, -0.25) is 9.59 Å². The molecule has 0 fully saturated rings. The molecule has 0 unspecified atom stereocenters. The van der Waals surface area contributed by atoms with Crippen molar-refractivity contribution in [2.24, 2.45) is 5.73 Å². The second kappa shape index (κ2) is 7.45. The number of amides is 1. The third kappa shape index (κ3) is 3.88. The van der Waals surface area contributed by atoms with Gasteiger partial charge in [0.25, 0.3) is 0 Å². The van der Waals surface area contributed by atoms with Crippen LogP contribution in [-0.4, -0.2) is 23.1 Å². The number of benzene rings is 2. The monoisotopic (exact) mass is 312 g/mol. The average Bonchev–Trinajstić information content (AvgIpc) is 2.82. The van der Waals surface area contributed by atoms with Gasteiger partial charge in [0, 0.05) is 28.7 Å². The van der Waals surface area contributed by atoms with Gasteiger partial charge in [-0.15, -0.1) is 0 Å². The van der Waals surface area contributed by atoms with Crippen LogP contribution in [0.4, 0.5) is 0 Å². The highest BCUT2D eigenvalue weighted by atomic mass is 16.5. The summed E-state index contributed by atoms with van der Waals surface area (Å²) in [5.41, 5.74) is 7.40. The molecule has 5 heteroatoms. The highest BCUT2D eigenvalue weighted by molar-refractivity contribution is 6.08. The maximum Gasteiger partial charge on any atom is 0.302 e. The highest BCUT2D eigenvalue weighted by Gasteiger charge is 2.10. The van der Waals surface area contributed by atoms with Gasteiger partial charge in [-0.25, -0.2) is 0 Å². The van der Waals surface area contributed by atoms with Crippen LogP contribution in [0, 0.1) is 0 Å². The van der Waals surface area contributed by atoms with Crippen LogP contribution in [0.2, 0.25) is 0 Å². The van der Waals surface area contributed by atoms with E-state index in [2.05, 4.69) is 16.9 Å². The maximum absolute atomic E-state index is 11.2. The summed E-state index contributed by atoms with van der Waals surface area (Å²) in [6, 6.07) is 16.1. The maximum atomic E-state index is 11.2. The Morgan fingerprint density at radius 2 is 1.48 bits per heavy atom. The number of hydrogen-bond donors (Lipinski definition) is 1. The van der Waals surface area contributed by atoms with Gasteiger partial charge in [0.05, 0.1) is 6.61 Å². The summed E-state index contributed by atoms with van der Waals surface area (Å²) in [6.45, 7) is 3.87. The molecule has 23 heavy (non-hydrogen) atoms. The number of nitrogens with two attached hydrogens (primary N) is 1. The Morgan fingerprint density at radius 1 is 1.00 bits per heavy atom. The van der Waals surface area contributed by atoms with Crippen LogP contribution in [0.5, 0.6) is 0 Å². The van der Waals surface area contributed by atoms with Gasteiger partial charge < -0.3 is 15.0 Å². The Bertz CT molecular complexity index is 783. The Kier molecular flexibility index (Phi) is 5.36. The highest BCUT2D eigenvalue weighted by Crippen LogP contribution is 2.28. The summed E-state index contributed by atoms with van der Waals surface area (Å²) >= 11 is 0. The number of fused-ring (bicyclic) bond motifs is 3. The van der Waals surface area contributed by atoms with Gasteiger partial charge in [-0.05, 0) is 19.1 Å². The fraction of sp³-hybridized carbons (Fsp3) is 0.222. The fourth-order valence-corrected chi connectivity index (χ4v) is 2.53. The number of esters is 1. The number of carbonyl (C=O) groups excluding carboxylic acids is 2. The lowest BCUT2D eigenvalue weighted by atomic mass is 10.2. The molecule has 1 heterocycles. The Balaban J connectivity index is 0.000000277. The van der Waals surface area contributed by atoms with E-state index < -0.39 is 0 Å². The van der Waals surface area contributed by atoms with Crippen molar-refractivity contribution in [3.63, 3.8) is 0 Å². The van der Waals surface area contributed by atoms with Crippen LogP contribution in [0.25, 0.3) is 21.8 Å². The second-order valence-corrected chi connectivity index (χ2v) is 5.01. The van der Waals surface area contributed by atoms with E-state index >= 15 is 0 Å². The molecule has 2 aromatic carbocycles. The SMILES string of the molecule is CCOC(C)=O.NC(=O)Cn1c2ccccc2c2ccccc21. The van der Waals surface area contributed by atoms with Crippen molar-refractivity contribution >= 4 is 33.7 Å². The van der Waals surface area contributed by atoms with Crippen LogP contribution in [-0.2, 0) is 20.9 Å². The van der Waals surface area contributed by atoms with E-state index in [1.54, 1.807) is 6.92 Å². The van der Waals surface area contributed by atoms with Crippen LogP contribution in [0.15, 0.2) is 48.5 Å². The van der Waals surface area contributed by atoms with Gasteiger partial charge in [-0.1, -0.05) is 36.4 Å². The number of ether oxygens (including phenoxy) is 1. The first-order valence-corrected chi connectivity index (χ1v) is 7.42. The molecule has 0 aliphatic heterocycles. The van der Waals surface area contributed by atoms with E-state index in [4.69, 9.17) is 5.73 Å². The predicted octanol–water partition coefficient (Wildman–Crippen LogP) is 2.85. The summed E-state index contributed by atoms with van der Waals surface area (Å²) in [7, 11) is 0. The van der Waals surface area contributed by atoms with Crippen molar-refractivity contribution < 1.29 is 14.3 Å². The minimum absolute atomic E-state index is 0.211. The molecule has 3 aromatic rings. The Morgan fingerprint density at radius 3 is 1.83 bits per heavy atom. The fourth-order valence-electron chi connectivity index (χ4n) is 2.53. The summed E-state index contributed by atoms with van der Waals surface area (Å²) in [4.78, 5) is 21.0. The third-order valence-electron chi connectivity index (χ3n) is 3.34. The molecule has 0 saturated carbocycles. The smallest absolute Gasteiger partial charge is 0.302 e. The number of rotatable bonds is 3. The molecule has 5 nitrogen and oxygen atoms in total. The van der Waals surface area contributed by atoms with E-state index in [0.717, 1.165) is 21.8 Å². The van der Waals surface area contributed by atoms with Gasteiger partial charge in [0.1, 0.15) is 6.54 Å². The van der Waals surface area contributed by atoms with Crippen molar-refractivity contribution in [3.05, 3.63) is 48.5 Å². The Hall–Kier alpha value is -2.82. The largest absolute Gasteiger partial charge is 0.466 e. The van der Waals surface area contributed by atoms with E-state index in [0.29, 0.717) is 6.61 Å². The van der Waals surface area contributed by atoms with Crippen molar-refractivity contribution in [3.8, 4) is 0 Å². The van der Waals surface area contributed by atoms with Crippen LogP contribution >= 0.6 is 0 Å². The molecular formula is C18H20N2O3. The number of nitrogens with zero attached hydrogens (tertiary/aromatic N) is 1. The van der Waals surface area contributed by atoms with Crippen molar-refractivity contribution in [2.75, 3.05) is 6.61 Å². The first kappa shape index (κ1) is 16.5. The molecule has 2 N–H and O–H groups in total. The van der Waals surface area contributed by atoms with Gasteiger partial charge in [0.2, 0.25) is 5.91 Å². The molecule has 0 atom stereocenters. The van der Waals surface area contributed by atoms with E-state index in [1.165, 1.54) is 6.92 Å². The van der Waals surface area contributed by atoms with Gasteiger partial charge in [0.15, 0.2) is 0 Å². The first-order valence-electron chi connectivity index (χ1n) is 7.42. The zero-order chi connectivity index (χ0) is 16.8. The second-order valence-electron chi connectivity index (χ2n) is 5.01. The predicted molar refractivity (Wildman–Crippen MR) is 90.9 cm³/mol. The molecule has 3 rings (SSSR count).